The standard InChI is InChI=1S/C16H11ClFNO/c17-10-11-3-6-16(14(18)8-11)20-13-5-4-12-2-1-7-19-15(12)9-13/h1-9H,10H2. The van der Waals surface area contributed by atoms with Gasteiger partial charge in [0.05, 0.1) is 5.52 Å². The molecular weight excluding hydrogens is 277 g/mol. The molecule has 0 aliphatic carbocycles. The van der Waals surface area contributed by atoms with E-state index in [1.54, 1.807) is 30.5 Å². The lowest BCUT2D eigenvalue weighted by Gasteiger charge is -2.08. The fraction of sp³-hybridized carbons (Fsp3) is 0.0625. The molecule has 0 fully saturated rings. The smallest absolute Gasteiger partial charge is 0.166 e. The van der Waals surface area contributed by atoms with Gasteiger partial charge >= 0.3 is 0 Å². The molecular formula is C16H11ClFNO. The fourth-order valence-electron chi connectivity index (χ4n) is 1.95. The number of pyridine rings is 1. The van der Waals surface area contributed by atoms with Gasteiger partial charge < -0.3 is 4.74 Å². The molecule has 0 aliphatic heterocycles. The van der Waals surface area contributed by atoms with Crippen LogP contribution in [0.25, 0.3) is 10.9 Å². The topological polar surface area (TPSA) is 22.1 Å². The van der Waals surface area contributed by atoms with Gasteiger partial charge in [-0.2, -0.15) is 0 Å². The zero-order valence-corrected chi connectivity index (χ0v) is 11.3. The van der Waals surface area contributed by atoms with Crippen molar-refractivity contribution in [3.63, 3.8) is 0 Å². The lowest BCUT2D eigenvalue weighted by Crippen LogP contribution is -1.90. The summed E-state index contributed by atoms with van der Waals surface area (Å²) in [7, 11) is 0. The molecule has 0 saturated carbocycles. The number of hydrogen-bond acceptors (Lipinski definition) is 2. The summed E-state index contributed by atoms with van der Waals surface area (Å²) < 4.78 is 19.4. The second-order valence-corrected chi connectivity index (χ2v) is 4.63. The molecule has 0 spiro atoms. The minimum atomic E-state index is -0.427. The first kappa shape index (κ1) is 12.9. The molecule has 0 saturated heterocycles. The van der Waals surface area contributed by atoms with Crippen LogP contribution in [0.5, 0.6) is 11.5 Å². The quantitative estimate of drug-likeness (QED) is 0.639. The third-order valence-electron chi connectivity index (χ3n) is 2.96. The van der Waals surface area contributed by atoms with E-state index in [1.807, 2.05) is 18.2 Å². The van der Waals surface area contributed by atoms with Gasteiger partial charge in [-0.1, -0.05) is 12.1 Å². The summed E-state index contributed by atoms with van der Waals surface area (Å²) in [6.07, 6.45) is 1.71. The van der Waals surface area contributed by atoms with E-state index in [2.05, 4.69) is 4.98 Å². The predicted octanol–water partition coefficient (Wildman–Crippen LogP) is 4.91. The summed E-state index contributed by atoms with van der Waals surface area (Å²) in [6, 6.07) is 14.0. The van der Waals surface area contributed by atoms with Gasteiger partial charge in [0.25, 0.3) is 0 Å². The monoisotopic (exact) mass is 287 g/mol. The molecule has 3 aromatic rings. The molecule has 20 heavy (non-hydrogen) atoms. The molecule has 1 aromatic heterocycles. The van der Waals surface area contributed by atoms with Crippen molar-refractivity contribution in [1.82, 2.24) is 4.98 Å². The van der Waals surface area contributed by atoms with E-state index < -0.39 is 5.82 Å². The third kappa shape index (κ3) is 2.58. The number of nitrogens with zero attached hydrogens (tertiary/aromatic N) is 1. The Morgan fingerprint density at radius 1 is 1.10 bits per heavy atom. The van der Waals surface area contributed by atoms with Crippen LogP contribution in [0.2, 0.25) is 0 Å². The Balaban J connectivity index is 1.92. The van der Waals surface area contributed by atoms with Crippen LogP contribution in [-0.2, 0) is 5.88 Å². The van der Waals surface area contributed by atoms with E-state index in [1.165, 1.54) is 6.07 Å². The highest BCUT2D eigenvalue weighted by atomic mass is 35.5. The number of fused-ring (bicyclic) bond motifs is 1. The van der Waals surface area contributed by atoms with E-state index in [9.17, 15) is 4.39 Å². The maximum atomic E-state index is 13.8. The first-order valence-corrected chi connectivity index (χ1v) is 6.67. The number of alkyl halides is 1. The summed E-state index contributed by atoms with van der Waals surface area (Å²) in [5, 5.41) is 1.01. The second kappa shape index (κ2) is 5.47. The highest BCUT2D eigenvalue weighted by Gasteiger charge is 2.06. The lowest BCUT2D eigenvalue weighted by atomic mass is 10.2. The predicted molar refractivity (Wildman–Crippen MR) is 77.8 cm³/mol. The number of hydrogen-bond donors (Lipinski definition) is 0. The average molecular weight is 288 g/mol. The summed E-state index contributed by atoms with van der Waals surface area (Å²) in [5.41, 5.74) is 1.53. The zero-order valence-electron chi connectivity index (χ0n) is 10.5. The van der Waals surface area contributed by atoms with Crippen molar-refractivity contribution in [1.29, 1.82) is 0 Å². The van der Waals surface area contributed by atoms with Crippen LogP contribution in [0, 0.1) is 5.82 Å². The van der Waals surface area contributed by atoms with Crippen LogP contribution >= 0.6 is 11.6 Å². The Morgan fingerprint density at radius 2 is 2.00 bits per heavy atom. The van der Waals surface area contributed by atoms with Gasteiger partial charge in [-0.15, -0.1) is 11.6 Å². The Bertz CT molecular complexity index is 760. The van der Waals surface area contributed by atoms with Gasteiger partial charge in [0.2, 0.25) is 0 Å². The number of benzene rings is 2. The van der Waals surface area contributed by atoms with E-state index in [-0.39, 0.29) is 11.6 Å². The van der Waals surface area contributed by atoms with Crippen molar-refractivity contribution in [2.45, 2.75) is 5.88 Å². The van der Waals surface area contributed by atoms with Crippen LogP contribution in [-0.4, -0.2) is 4.98 Å². The van der Waals surface area contributed by atoms with Crippen LogP contribution in [0.4, 0.5) is 4.39 Å². The Kier molecular flexibility index (Phi) is 3.52. The lowest BCUT2D eigenvalue weighted by molar-refractivity contribution is 0.442. The number of aromatic nitrogens is 1. The summed E-state index contributed by atoms with van der Waals surface area (Å²) >= 11 is 5.66. The number of ether oxygens (including phenoxy) is 1. The largest absolute Gasteiger partial charge is 0.454 e. The average Bonchev–Trinajstić information content (AvgIpc) is 2.49. The van der Waals surface area contributed by atoms with Crippen LogP contribution in [0.1, 0.15) is 5.56 Å². The molecule has 0 aliphatic rings. The highest BCUT2D eigenvalue weighted by Crippen LogP contribution is 2.27. The molecule has 4 heteroatoms. The first-order chi connectivity index (χ1) is 9.76. The number of halogens is 2. The Labute approximate surface area is 120 Å². The number of rotatable bonds is 3. The Morgan fingerprint density at radius 3 is 2.80 bits per heavy atom. The molecule has 1 heterocycles. The van der Waals surface area contributed by atoms with Crippen LogP contribution < -0.4 is 4.74 Å². The SMILES string of the molecule is Fc1cc(CCl)ccc1Oc1ccc2cccnc2c1. The van der Waals surface area contributed by atoms with Gasteiger partial charge in [-0.25, -0.2) is 4.39 Å². The molecule has 100 valence electrons. The van der Waals surface area contributed by atoms with Crippen molar-refractivity contribution >= 4 is 22.5 Å². The van der Waals surface area contributed by atoms with Gasteiger partial charge in [0.1, 0.15) is 5.75 Å². The highest BCUT2D eigenvalue weighted by molar-refractivity contribution is 6.17. The summed E-state index contributed by atoms with van der Waals surface area (Å²) in [6.45, 7) is 0. The minimum Gasteiger partial charge on any atom is -0.454 e. The van der Waals surface area contributed by atoms with Crippen molar-refractivity contribution in [3.8, 4) is 11.5 Å². The van der Waals surface area contributed by atoms with E-state index in [0.29, 0.717) is 5.75 Å². The van der Waals surface area contributed by atoms with Crippen molar-refractivity contribution in [2.75, 3.05) is 0 Å². The van der Waals surface area contributed by atoms with E-state index in [0.717, 1.165) is 16.5 Å². The Hall–Kier alpha value is -2.13. The molecule has 0 N–H and O–H groups in total. The summed E-state index contributed by atoms with van der Waals surface area (Å²) in [5.74, 6) is 0.573. The van der Waals surface area contributed by atoms with Gasteiger partial charge in [0.15, 0.2) is 11.6 Å². The maximum Gasteiger partial charge on any atom is 0.166 e. The van der Waals surface area contributed by atoms with Crippen molar-refractivity contribution in [3.05, 3.63) is 66.1 Å². The first-order valence-electron chi connectivity index (χ1n) is 6.13. The third-order valence-corrected chi connectivity index (χ3v) is 3.26. The molecule has 0 amide bonds. The molecule has 2 aromatic carbocycles. The van der Waals surface area contributed by atoms with Crippen LogP contribution in [0.3, 0.4) is 0 Å². The molecule has 0 bridgehead atoms. The van der Waals surface area contributed by atoms with Gasteiger partial charge in [-0.3, -0.25) is 4.98 Å². The molecule has 3 rings (SSSR count). The normalized spacial score (nSPS) is 10.7. The maximum absolute atomic E-state index is 13.8. The van der Waals surface area contributed by atoms with Crippen molar-refractivity contribution < 1.29 is 9.13 Å². The molecule has 2 nitrogen and oxygen atoms in total. The van der Waals surface area contributed by atoms with E-state index >= 15 is 0 Å². The second-order valence-electron chi connectivity index (χ2n) is 4.36. The summed E-state index contributed by atoms with van der Waals surface area (Å²) in [4.78, 5) is 4.24. The van der Waals surface area contributed by atoms with Gasteiger partial charge in [0, 0.05) is 23.5 Å². The minimum absolute atomic E-state index is 0.175. The zero-order chi connectivity index (χ0) is 13.9. The van der Waals surface area contributed by atoms with Crippen LogP contribution in [0.15, 0.2) is 54.7 Å². The molecule has 0 unspecified atom stereocenters. The van der Waals surface area contributed by atoms with E-state index in [4.69, 9.17) is 16.3 Å². The fourth-order valence-corrected chi connectivity index (χ4v) is 2.11. The molecule has 0 radical (unpaired) electrons. The molecule has 0 atom stereocenters. The van der Waals surface area contributed by atoms with Gasteiger partial charge in [-0.05, 0) is 35.9 Å². The van der Waals surface area contributed by atoms with Crippen molar-refractivity contribution in [2.24, 2.45) is 0 Å².